The highest BCUT2D eigenvalue weighted by molar-refractivity contribution is 7.00. The standard InChI is InChI=1S/C12H11Cl2N3O3S/c1-2-20-9(19)4-3-8(18)15-10-6(13)5-7(14)11-12(10)17-21-16-11/h5H,2-4H2,1H3,(H,15,18). The van der Waals surface area contributed by atoms with E-state index in [-0.39, 0.29) is 30.4 Å². The van der Waals surface area contributed by atoms with Crippen molar-refractivity contribution in [3.63, 3.8) is 0 Å². The Bertz CT molecular complexity index is 690. The van der Waals surface area contributed by atoms with Crippen molar-refractivity contribution in [3.8, 4) is 0 Å². The van der Waals surface area contributed by atoms with Crippen molar-refractivity contribution >= 4 is 63.5 Å². The molecule has 0 radical (unpaired) electrons. The summed E-state index contributed by atoms with van der Waals surface area (Å²) < 4.78 is 12.9. The second-order valence-electron chi connectivity index (χ2n) is 4.03. The highest BCUT2D eigenvalue weighted by atomic mass is 35.5. The molecule has 1 aromatic carbocycles. The van der Waals surface area contributed by atoms with Gasteiger partial charge in [-0.05, 0) is 13.0 Å². The quantitative estimate of drug-likeness (QED) is 0.839. The van der Waals surface area contributed by atoms with Crippen LogP contribution in [-0.2, 0) is 14.3 Å². The van der Waals surface area contributed by atoms with Gasteiger partial charge in [0.1, 0.15) is 11.0 Å². The fourth-order valence-corrected chi connectivity index (χ4v) is 2.80. The van der Waals surface area contributed by atoms with E-state index in [1.54, 1.807) is 6.92 Å². The summed E-state index contributed by atoms with van der Waals surface area (Å²) in [4.78, 5) is 23.1. The number of rotatable bonds is 5. The van der Waals surface area contributed by atoms with Gasteiger partial charge in [-0.25, -0.2) is 0 Å². The van der Waals surface area contributed by atoms with Crippen LogP contribution >= 0.6 is 34.9 Å². The van der Waals surface area contributed by atoms with E-state index in [0.717, 1.165) is 11.7 Å². The van der Waals surface area contributed by atoms with Gasteiger partial charge < -0.3 is 10.1 Å². The summed E-state index contributed by atoms with van der Waals surface area (Å²) in [6.45, 7) is 1.99. The number of aromatic nitrogens is 2. The normalized spacial score (nSPS) is 10.6. The molecule has 0 unspecified atom stereocenters. The molecule has 0 saturated carbocycles. The number of esters is 1. The Kier molecular flexibility index (Phi) is 5.33. The highest BCUT2D eigenvalue weighted by Gasteiger charge is 2.16. The minimum atomic E-state index is -0.421. The van der Waals surface area contributed by atoms with E-state index in [4.69, 9.17) is 27.9 Å². The van der Waals surface area contributed by atoms with Gasteiger partial charge in [0.2, 0.25) is 5.91 Å². The monoisotopic (exact) mass is 347 g/mol. The molecule has 112 valence electrons. The molecule has 0 spiro atoms. The fourth-order valence-electron chi connectivity index (χ4n) is 1.64. The number of amides is 1. The topological polar surface area (TPSA) is 81.2 Å². The predicted molar refractivity (Wildman–Crippen MR) is 81.9 cm³/mol. The number of anilines is 1. The van der Waals surface area contributed by atoms with Gasteiger partial charge in [0.05, 0.1) is 40.5 Å². The van der Waals surface area contributed by atoms with Crippen LogP contribution in [0.3, 0.4) is 0 Å². The van der Waals surface area contributed by atoms with Crippen LogP contribution < -0.4 is 5.32 Å². The van der Waals surface area contributed by atoms with Crippen LogP contribution in [0.25, 0.3) is 11.0 Å². The first-order chi connectivity index (χ1) is 10.0. The molecular formula is C12H11Cl2N3O3S. The number of hydrogen-bond donors (Lipinski definition) is 1. The van der Waals surface area contributed by atoms with Gasteiger partial charge >= 0.3 is 5.97 Å². The van der Waals surface area contributed by atoms with Gasteiger partial charge in [-0.2, -0.15) is 8.75 Å². The van der Waals surface area contributed by atoms with Gasteiger partial charge in [0.25, 0.3) is 0 Å². The fraction of sp³-hybridized carbons (Fsp3) is 0.333. The van der Waals surface area contributed by atoms with Gasteiger partial charge in [-0.15, -0.1) is 0 Å². The molecule has 0 saturated heterocycles. The number of fused-ring (bicyclic) bond motifs is 1. The first-order valence-corrected chi connectivity index (χ1v) is 7.57. The van der Waals surface area contributed by atoms with Crippen LogP contribution in [-0.4, -0.2) is 27.2 Å². The molecule has 21 heavy (non-hydrogen) atoms. The Morgan fingerprint density at radius 2 is 1.95 bits per heavy atom. The molecule has 6 nitrogen and oxygen atoms in total. The lowest BCUT2D eigenvalue weighted by Gasteiger charge is -2.08. The molecule has 1 N–H and O–H groups in total. The lowest BCUT2D eigenvalue weighted by atomic mass is 10.2. The first kappa shape index (κ1) is 15.9. The zero-order valence-corrected chi connectivity index (χ0v) is 13.3. The number of benzene rings is 1. The van der Waals surface area contributed by atoms with Crippen molar-refractivity contribution in [2.45, 2.75) is 19.8 Å². The average Bonchev–Trinajstić information content (AvgIpc) is 2.91. The second kappa shape index (κ2) is 7.02. The third-order valence-electron chi connectivity index (χ3n) is 2.57. The SMILES string of the molecule is CCOC(=O)CCC(=O)Nc1c(Cl)cc(Cl)c2nsnc12. The van der Waals surface area contributed by atoms with Gasteiger partial charge in [0.15, 0.2) is 0 Å². The maximum atomic E-state index is 11.9. The van der Waals surface area contributed by atoms with E-state index in [0.29, 0.717) is 21.7 Å². The third-order valence-corrected chi connectivity index (χ3v) is 3.68. The van der Waals surface area contributed by atoms with Gasteiger partial charge in [-0.3, -0.25) is 9.59 Å². The van der Waals surface area contributed by atoms with E-state index in [1.807, 2.05) is 0 Å². The molecule has 2 rings (SSSR count). The lowest BCUT2D eigenvalue weighted by molar-refractivity contribution is -0.144. The molecule has 2 aromatic rings. The predicted octanol–water partition coefficient (Wildman–Crippen LogP) is 3.28. The van der Waals surface area contributed by atoms with Crippen molar-refractivity contribution in [2.75, 3.05) is 11.9 Å². The molecule has 0 aliphatic heterocycles. The van der Waals surface area contributed by atoms with Crippen molar-refractivity contribution in [3.05, 3.63) is 16.1 Å². The summed E-state index contributed by atoms with van der Waals surface area (Å²) in [5, 5.41) is 3.27. The maximum absolute atomic E-state index is 11.9. The number of carbonyl (C=O) groups excluding carboxylic acids is 2. The number of nitrogens with one attached hydrogen (secondary N) is 1. The molecule has 1 aromatic heterocycles. The Morgan fingerprint density at radius 1 is 1.24 bits per heavy atom. The van der Waals surface area contributed by atoms with Crippen molar-refractivity contribution in [2.24, 2.45) is 0 Å². The Balaban J connectivity index is 2.11. The zero-order chi connectivity index (χ0) is 15.4. The zero-order valence-electron chi connectivity index (χ0n) is 11.0. The molecule has 9 heteroatoms. The van der Waals surface area contributed by atoms with Crippen LogP contribution in [0.4, 0.5) is 5.69 Å². The number of halogens is 2. The van der Waals surface area contributed by atoms with Crippen molar-refractivity contribution in [1.29, 1.82) is 0 Å². The van der Waals surface area contributed by atoms with E-state index in [1.165, 1.54) is 6.07 Å². The molecule has 1 heterocycles. The first-order valence-electron chi connectivity index (χ1n) is 6.08. The van der Waals surface area contributed by atoms with Crippen LogP contribution in [0.2, 0.25) is 10.0 Å². The van der Waals surface area contributed by atoms with Gasteiger partial charge in [0, 0.05) is 6.42 Å². The van der Waals surface area contributed by atoms with E-state index < -0.39 is 5.97 Å². The summed E-state index contributed by atoms with van der Waals surface area (Å²) in [6, 6.07) is 1.49. The van der Waals surface area contributed by atoms with Crippen LogP contribution in [0, 0.1) is 0 Å². The summed E-state index contributed by atoms with van der Waals surface area (Å²) in [7, 11) is 0. The molecule has 0 aliphatic carbocycles. The summed E-state index contributed by atoms with van der Waals surface area (Å²) in [5.74, 6) is -0.781. The molecule has 1 amide bonds. The van der Waals surface area contributed by atoms with Crippen molar-refractivity contribution < 1.29 is 14.3 Å². The van der Waals surface area contributed by atoms with Crippen LogP contribution in [0.15, 0.2) is 6.07 Å². The minimum Gasteiger partial charge on any atom is -0.466 e. The molecule has 0 bridgehead atoms. The maximum Gasteiger partial charge on any atom is 0.306 e. The molecule has 0 fully saturated rings. The minimum absolute atomic E-state index is 0.00313. The summed E-state index contributed by atoms with van der Waals surface area (Å²) in [5.41, 5.74) is 1.26. The average molecular weight is 348 g/mol. The number of carbonyl (C=O) groups is 2. The van der Waals surface area contributed by atoms with Gasteiger partial charge in [-0.1, -0.05) is 23.2 Å². The van der Waals surface area contributed by atoms with Crippen LogP contribution in [0.5, 0.6) is 0 Å². The van der Waals surface area contributed by atoms with Crippen molar-refractivity contribution in [1.82, 2.24) is 8.75 Å². The molecule has 0 atom stereocenters. The molecule has 0 aliphatic rings. The van der Waals surface area contributed by atoms with E-state index in [9.17, 15) is 9.59 Å². The Hall–Kier alpha value is -1.44. The van der Waals surface area contributed by atoms with E-state index >= 15 is 0 Å². The van der Waals surface area contributed by atoms with Crippen LogP contribution in [0.1, 0.15) is 19.8 Å². The number of ether oxygens (including phenoxy) is 1. The summed E-state index contributed by atoms with van der Waals surface area (Å²) in [6.07, 6.45) is 0.000187. The third kappa shape index (κ3) is 3.81. The largest absolute Gasteiger partial charge is 0.466 e. The number of hydrogen-bond acceptors (Lipinski definition) is 6. The Morgan fingerprint density at radius 3 is 2.67 bits per heavy atom. The number of nitrogens with zero attached hydrogens (tertiary/aromatic N) is 2. The highest BCUT2D eigenvalue weighted by Crippen LogP contribution is 2.35. The summed E-state index contributed by atoms with van der Waals surface area (Å²) >= 11 is 13.0. The Labute approximate surface area is 134 Å². The smallest absolute Gasteiger partial charge is 0.306 e. The molecular weight excluding hydrogens is 337 g/mol. The van der Waals surface area contributed by atoms with E-state index in [2.05, 4.69) is 14.1 Å². The lowest BCUT2D eigenvalue weighted by Crippen LogP contribution is -2.15. The second-order valence-corrected chi connectivity index (χ2v) is 5.37.